The second kappa shape index (κ2) is 9.48. The fourth-order valence-electron chi connectivity index (χ4n) is 4.73. The van der Waals surface area contributed by atoms with Gasteiger partial charge in [-0.3, -0.25) is 4.79 Å². The number of anilines is 3. The highest BCUT2D eigenvalue weighted by atomic mass is 16.2. The standard InChI is InChI=1S/C25H35N7O2/c1-25(2,3)14-17-7-5-8-18(13-17)28-23-21(22(26)33)27-15-20(29-23)31-10-6-9-19(16-31)32-12-11-30(4)24(32)34/h5,7-8,13,15,19H,6,9-12,14,16H2,1-4H3,(H2,26,33)(H,28,29). The van der Waals surface area contributed by atoms with Gasteiger partial charge in [0.1, 0.15) is 5.82 Å². The van der Waals surface area contributed by atoms with E-state index in [0.29, 0.717) is 18.2 Å². The molecule has 1 aromatic heterocycles. The van der Waals surface area contributed by atoms with Gasteiger partial charge in [-0.1, -0.05) is 32.9 Å². The number of aromatic nitrogens is 2. The van der Waals surface area contributed by atoms with Crippen molar-refractivity contribution in [1.29, 1.82) is 0 Å². The molecule has 1 atom stereocenters. The number of rotatable bonds is 6. The average molecular weight is 466 g/mol. The van der Waals surface area contributed by atoms with Crippen LogP contribution in [0.4, 0.5) is 22.1 Å². The first-order valence-corrected chi connectivity index (χ1v) is 11.9. The number of likely N-dealkylation sites (N-methyl/N-ethyl adjacent to an activating group) is 1. The predicted octanol–water partition coefficient (Wildman–Crippen LogP) is 3.24. The molecule has 1 aromatic carbocycles. The molecule has 34 heavy (non-hydrogen) atoms. The maximum Gasteiger partial charge on any atom is 0.320 e. The van der Waals surface area contributed by atoms with Crippen molar-refractivity contribution in [2.24, 2.45) is 11.1 Å². The molecule has 2 aromatic rings. The van der Waals surface area contributed by atoms with E-state index in [9.17, 15) is 9.59 Å². The monoisotopic (exact) mass is 465 g/mol. The second-order valence-electron chi connectivity index (χ2n) is 10.5. The highest BCUT2D eigenvalue weighted by molar-refractivity contribution is 5.96. The number of hydrogen-bond acceptors (Lipinski definition) is 6. The van der Waals surface area contributed by atoms with Crippen LogP contribution in [-0.4, -0.2) is 71.0 Å². The van der Waals surface area contributed by atoms with Crippen molar-refractivity contribution in [2.45, 2.75) is 46.1 Å². The largest absolute Gasteiger partial charge is 0.364 e. The lowest BCUT2D eigenvalue weighted by Gasteiger charge is -2.37. The van der Waals surface area contributed by atoms with Crippen molar-refractivity contribution in [2.75, 3.05) is 43.4 Å². The van der Waals surface area contributed by atoms with E-state index in [4.69, 9.17) is 10.7 Å². The summed E-state index contributed by atoms with van der Waals surface area (Å²) in [6.45, 7) is 9.61. The predicted molar refractivity (Wildman–Crippen MR) is 133 cm³/mol. The summed E-state index contributed by atoms with van der Waals surface area (Å²) >= 11 is 0. The molecule has 9 nitrogen and oxygen atoms in total. The molecule has 0 bridgehead atoms. The Kier molecular flexibility index (Phi) is 6.63. The number of benzene rings is 1. The molecule has 0 radical (unpaired) electrons. The maximum atomic E-state index is 12.5. The van der Waals surface area contributed by atoms with Gasteiger partial charge in [0.15, 0.2) is 11.5 Å². The van der Waals surface area contributed by atoms with Crippen molar-refractivity contribution in [3.63, 3.8) is 0 Å². The number of carbonyl (C=O) groups excluding carboxylic acids is 2. The number of amides is 3. The Morgan fingerprint density at radius 3 is 2.71 bits per heavy atom. The van der Waals surface area contributed by atoms with Crippen molar-refractivity contribution in [3.8, 4) is 0 Å². The first-order chi connectivity index (χ1) is 16.1. The van der Waals surface area contributed by atoms with Crippen molar-refractivity contribution in [1.82, 2.24) is 19.8 Å². The first-order valence-electron chi connectivity index (χ1n) is 11.9. The lowest BCUT2D eigenvalue weighted by Crippen LogP contribution is -2.49. The number of piperidine rings is 1. The Bertz CT molecular complexity index is 1070. The number of nitrogens with zero attached hydrogens (tertiary/aromatic N) is 5. The molecule has 2 saturated heterocycles. The van der Waals surface area contributed by atoms with Crippen LogP contribution in [0, 0.1) is 5.41 Å². The van der Waals surface area contributed by atoms with Crippen LogP contribution in [-0.2, 0) is 6.42 Å². The Labute approximate surface area is 201 Å². The number of nitrogens with one attached hydrogen (secondary N) is 1. The number of hydrogen-bond donors (Lipinski definition) is 2. The summed E-state index contributed by atoms with van der Waals surface area (Å²) < 4.78 is 0. The van der Waals surface area contributed by atoms with Gasteiger partial charge in [0.05, 0.1) is 12.2 Å². The van der Waals surface area contributed by atoms with Gasteiger partial charge in [-0.2, -0.15) is 0 Å². The zero-order chi connectivity index (χ0) is 24.5. The molecule has 3 N–H and O–H groups in total. The van der Waals surface area contributed by atoms with E-state index in [1.54, 1.807) is 11.1 Å². The molecule has 0 spiro atoms. The summed E-state index contributed by atoms with van der Waals surface area (Å²) in [5, 5.41) is 3.27. The highest BCUT2D eigenvalue weighted by Crippen LogP contribution is 2.27. The van der Waals surface area contributed by atoms with Gasteiger partial charge in [-0.15, -0.1) is 0 Å². The quantitative estimate of drug-likeness (QED) is 0.678. The third-order valence-corrected chi connectivity index (χ3v) is 6.33. The van der Waals surface area contributed by atoms with Crippen molar-refractivity contribution in [3.05, 3.63) is 41.7 Å². The van der Waals surface area contributed by atoms with Crippen LogP contribution in [0.5, 0.6) is 0 Å². The van der Waals surface area contributed by atoms with Crippen LogP contribution in [0.3, 0.4) is 0 Å². The van der Waals surface area contributed by atoms with Gasteiger partial charge < -0.3 is 25.8 Å². The van der Waals surface area contributed by atoms with E-state index in [-0.39, 0.29) is 23.2 Å². The van der Waals surface area contributed by atoms with E-state index in [0.717, 1.165) is 44.6 Å². The summed E-state index contributed by atoms with van der Waals surface area (Å²) in [6.07, 6.45) is 4.45. The molecule has 0 saturated carbocycles. The Balaban J connectivity index is 1.56. The lowest BCUT2D eigenvalue weighted by atomic mass is 9.88. The number of nitrogens with two attached hydrogens (primary N) is 1. The Morgan fingerprint density at radius 2 is 2.03 bits per heavy atom. The normalized spacial score (nSPS) is 19.0. The maximum absolute atomic E-state index is 12.5. The molecular weight excluding hydrogens is 430 g/mol. The van der Waals surface area contributed by atoms with Gasteiger partial charge in [-0.25, -0.2) is 14.8 Å². The summed E-state index contributed by atoms with van der Waals surface area (Å²) in [5.74, 6) is 0.384. The summed E-state index contributed by atoms with van der Waals surface area (Å²) in [7, 11) is 1.84. The van der Waals surface area contributed by atoms with E-state index in [1.165, 1.54) is 5.56 Å². The van der Waals surface area contributed by atoms with E-state index in [2.05, 4.69) is 48.1 Å². The lowest BCUT2D eigenvalue weighted by molar-refractivity contribution is 0.0996. The molecule has 3 amide bonds. The summed E-state index contributed by atoms with van der Waals surface area (Å²) in [6, 6.07) is 8.31. The van der Waals surface area contributed by atoms with E-state index in [1.807, 2.05) is 24.1 Å². The zero-order valence-corrected chi connectivity index (χ0v) is 20.5. The van der Waals surface area contributed by atoms with Crippen LogP contribution in [0.1, 0.15) is 49.7 Å². The molecule has 1 unspecified atom stereocenters. The second-order valence-corrected chi connectivity index (χ2v) is 10.5. The smallest absolute Gasteiger partial charge is 0.320 e. The number of urea groups is 1. The molecule has 4 rings (SSSR count). The average Bonchev–Trinajstić information content (AvgIpc) is 3.11. The SMILES string of the molecule is CN1CCN(C2CCCN(c3cnc(C(N)=O)c(Nc4cccc(CC(C)(C)C)c4)n3)C2)C1=O. The molecule has 2 fully saturated rings. The molecular formula is C25H35N7O2. The molecule has 182 valence electrons. The number of carbonyl (C=O) groups is 2. The fourth-order valence-corrected chi connectivity index (χ4v) is 4.73. The minimum Gasteiger partial charge on any atom is -0.364 e. The summed E-state index contributed by atoms with van der Waals surface area (Å²) in [5.41, 5.74) is 7.89. The van der Waals surface area contributed by atoms with Gasteiger partial charge in [0.25, 0.3) is 5.91 Å². The van der Waals surface area contributed by atoms with Gasteiger partial charge in [0, 0.05) is 38.9 Å². The third-order valence-electron chi connectivity index (χ3n) is 6.33. The van der Waals surface area contributed by atoms with E-state index >= 15 is 0 Å². The van der Waals surface area contributed by atoms with Crippen LogP contribution in [0.25, 0.3) is 0 Å². The zero-order valence-electron chi connectivity index (χ0n) is 20.5. The molecule has 2 aliphatic rings. The number of primary amides is 1. The minimum absolute atomic E-state index is 0.0829. The van der Waals surface area contributed by atoms with E-state index < -0.39 is 5.91 Å². The van der Waals surface area contributed by atoms with Crippen LogP contribution in [0.2, 0.25) is 0 Å². The molecule has 9 heteroatoms. The van der Waals surface area contributed by atoms with Gasteiger partial charge >= 0.3 is 6.03 Å². The summed E-state index contributed by atoms with van der Waals surface area (Å²) in [4.78, 5) is 39.5. The molecule has 0 aliphatic carbocycles. The van der Waals surface area contributed by atoms with Crippen molar-refractivity contribution < 1.29 is 9.59 Å². The van der Waals surface area contributed by atoms with Crippen LogP contribution < -0.4 is 16.0 Å². The third kappa shape index (κ3) is 5.40. The van der Waals surface area contributed by atoms with Gasteiger partial charge in [0.2, 0.25) is 0 Å². The van der Waals surface area contributed by atoms with Gasteiger partial charge in [-0.05, 0) is 42.4 Å². The first kappa shape index (κ1) is 23.8. The topological polar surface area (TPSA) is 108 Å². The van der Waals surface area contributed by atoms with Crippen LogP contribution in [0.15, 0.2) is 30.5 Å². The fraction of sp³-hybridized carbons (Fsp3) is 0.520. The van der Waals surface area contributed by atoms with Crippen LogP contribution >= 0.6 is 0 Å². The van der Waals surface area contributed by atoms with Crippen molar-refractivity contribution >= 4 is 29.3 Å². The molecule has 2 aliphatic heterocycles. The Morgan fingerprint density at radius 1 is 1.24 bits per heavy atom. The minimum atomic E-state index is -0.630. The highest BCUT2D eigenvalue weighted by Gasteiger charge is 2.34. The molecule has 3 heterocycles. The Hall–Kier alpha value is -3.36.